The molecule has 3 nitrogen and oxygen atoms in total. The van der Waals surface area contributed by atoms with Crippen LogP contribution in [-0.2, 0) is 4.79 Å². The van der Waals surface area contributed by atoms with Crippen LogP contribution >= 0.6 is 0 Å². The lowest BCUT2D eigenvalue weighted by molar-refractivity contribution is -0.118. The average molecular weight is 254 g/mol. The second-order valence-electron chi connectivity index (χ2n) is 6.16. The predicted molar refractivity (Wildman–Crippen MR) is 76.8 cm³/mol. The topological polar surface area (TPSA) is 23.6 Å². The second-order valence-corrected chi connectivity index (χ2v) is 6.16. The van der Waals surface area contributed by atoms with Crippen LogP contribution in [0.2, 0.25) is 0 Å². The molecule has 0 amide bonds. The van der Waals surface area contributed by atoms with Crippen molar-refractivity contribution in [3.05, 3.63) is 0 Å². The molecule has 0 radical (unpaired) electrons. The minimum absolute atomic E-state index is 0.111. The minimum Gasteiger partial charge on any atom is -0.303 e. The highest BCUT2D eigenvalue weighted by Gasteiger charge is 2.29. The molecule has 0 spiro atoms. The summed E-state index contributed by atoms with van der Waals surface area (Å²) < 4.78 is 0. The molecule has 106 valence electrons. The van der Waals surface area contributed by atoms with Gasteiger partial charge in [-0.25, -0.2) is 0 Å². The van der Waals surface area contributed by atoms with E-state index in [4.69, 9.17) is 0 Å². The molecule has 3 heteroatoms. The first-order valence-corrected chi connectivity index (χ1v) is 7.46. The van der Waals surface area contributed by atoms with Crippen LogP contribution in [0, 0.1) is 11.3 Å². The zero-order valence-electron chi connectivity index (χ0n) is 12.6. The summed E-state index contributed by atoms with van der Waals surface area (Å²) in [4.78, 5) is 16.3. The number of hydrogen-bond acceptors (Lipinski definition) is 3. The second kappa shape index (κ2) is 7.25. The number of rotatable bonds is 7. The van der Waals surface area contributed by atoms with Crippen LogP contribution in [0.15, 0.2) is 0 Å². The third-order valence-corrected chi connectivity index (χ3v) is 4.29. The van der Waals surface area contributed by atoms with Gasteiger partial charge in [0.05, 0.1) is 0 Å². The minimum atomic E-state index is -0.111. The van der Waals surface area contributed by atoms with E-state index in [1.54, 1.807) is 0 Å². The Morgan fingerprint density at radius 1 is 1.06 bits per heavy atom. The summed E-state index contributed by atoms with van der Waals surface area (Å²) in [6.07, 6.45) is 3.10. The van der Waals surface area contributed by atoms with E-state index >= 15 is 0 Å². The summed E-state index contributed by atoms with van der Waals surface area (Å²) >= 11 is 0. The fourth-order valence-electron chi connectivity index (χ4n) is 2.77. The molecule has 0 aromatic rings. The van der Waals surface area contributed by atoms with Crippen molar-refractivity contribution in [1.82, 2.24) is 9.80 Å². The largest absolute Gasteiger partial charge is 0.303 e. The smallest absolute Gasteiger partial charge is 0.127 e. The van der Waals surface area contributed by atoms with Crippen molar-refractivity contribution < 1.29 is 4.79 Å². The summed E-state index contributed by atoms with van der Waals surface area (Å²) in [5, 5.41) is 0. The Morgan fingerprint density at radius 3 is 1.94 bits per heavy atom. The molecule has 0 atom stereocenters. The molecule has 1 rings (SSSR count). The highest BCUT2D eigenvalue weighted by Crippen LogP contribution is 2.25. The van der Waals surface area contributed by atoms with Crippen molar-refractivity contribution >= 4 is 6.29 Å². The third kappa shape index (κ3) is 4.36. The van der Waals surface area contributed by atoms with E-state index in [-0.39, 0.29) is 5.41 Å². The van der Waals surface area contributed by atoms with Crippen LogP contribution in [0.3, 0.4) is 0 Å². The lowest BCUT2D eigenvalue weighted by Gasteiger charge is -2.39. The van der Waals surface area contributed by atoms with Crippen molar-refractivity contribution in [2.24, 2.45) is 11.3 Å². The average Bonchev–Trinajstić information content (AvgIpc) is 2.38. The fraction of sp³-hybridized carbons (Fsp3) is 0.933. The van der Waals surface area contributed by atoms with Crippen LogP contribution in [0.5, 0.6) is 0 Å². The Balaban J connectivity index is 2.41. The Labute approximate surface area is 113 Å². The standard InChI is InChI=1S/C15H30N2O/c1-5-15(6-2,13-18)12-17-9-7-16(8-10-17)11-14(3)4/h13-14H,5-12H2,1-4H3. The number of nitrogens with zero attached hydrogens (tertiary/aromatic N) is 2. The normalized spacial score (nSPS) is 19.4. The highest BCUT2D eigenvalue weighted by molar-refractivity contribution is 5.59. The van der Waals surface area contributed by atoms with Gasteiger partial charge in [0.25, 0.3) is 0 Å². The summed E-state index contributed by atoms with van der Waals surface area (Å²) in [6.45, 7) is 15.5. The molecule has 0 aromatic heterocycles. The van der Waals surface area contributed by atoms with Gasteiger partial charge >= 0.3 is 0 Å². The highest BCUT2D eigenvalue weighted by atomic mass is 16.1. The quantitative estimate of drug-likeness (QED) is 0.651. The zero-order valence-corrected chi connectivity index (χ0v) is 12.6. The van der Waals surface area contributed by atoms with E-state index in [1.165, 1.54) is 12.8 Å². The molecule has 1 aliphatic heterocycles. The van der Waals surface area contributed by atoms with Gasteiger partial charge in [-0.2, -0.15) is 0 Å². The summed E-state index contributed by atoms with van der Waals surface area (Å²) in [6, 6.07) is 0. The molecule has 18 heavy (non-hydrogen) atoms. The lowest BCUT2D eigenvalue weighted by Crippen LogP contribution is -2.50. The molecule has 1 saturated heterocycles. The van der Waals surface area contributed by atoms with Crippen molar-refractivity contribution in [3.8, 4) is 0 Å². The number of carbonyl (C=O) groups is 1. The van der Waals surface area contributed by atoms with Gasteiger partial charge in [-0.05, 0) is 18.8 Å². The van der Waals surface area contributed by atoms with Crippen molar-refractivity contribution in [2.75, 3.05) is 39.3 Å². The SMILES string of the molecule is CCC(C=O)(CC)CN1CCN(CC(C)C)CC1. The van der Waals surface area contributed by atoms with Crippen molar-refractivity contribution in [3.63, 3.8) is 0 Å². The monoisotopic (exact) mass is 254 g/mol. The molecular weight excluding hydrogens is 224 g/mol. The maximum Gasteiger partial charge on any atom is 0.127 e. The van der Waals surface area contributed by atoms with Gasteiger partial charge in [-0.1, -0.05) is 27.7 Å². The molecular formula is C15H30N2O. The van der Waals surface area contributed by atoms with E-state index in [0.29, 0.717) is 0 Å². The van der Waals surface area contributed by atoms with Crippen molar-refractivity contribution in [2.45, 2.75) is 40.5 Å². The number of aldehydes is 1. The first kappa shape index (κ1) is 15.6. The van der Waals surface area contributed by atoms with Gasteiger partial charge in [0.15, 0.2) is 0 Å². The predicted octanol–water partition coefficient (Wildman–Crippen LogP) is 2.27. The summed E-state index contributed by atoms with van der Waals surface area (Å²) in [7, 11) is 0. The van der Waals surface area contributed by atoms with Crippen LogP contribution in [0.4, 0.5) is 0 Å². The molecule has 1 heterocycles. The number of carbonyl (C=O) groups excluding carboxylic acids is 1. The third-order valence-electron chi connectivity index (χ3n) is 4.29. The fourth-order valence-corrected chi connectivity index (χ4v) is 2.77. The Bertz CT molecular complexity index is 241. The molecule has 0 bridgehead atoms. The van der Waals surface area contributed by atoms with Crippen LogP contribution in [0.1, 0.15) is 40.5 Å². The van der Waals surface area contributed by atoms with Gasteiger partial charge in [-0.3, -0.25) is 4.90 Å². The van der Waals surface area contributed by atoms with Gasteiger partial charge in [0, 0.05) is 44.7 Å². The van der Waals surface area contributed by atoms with Gasteiger partial charge in [-0.15, -0.1) is 0 Å². The van der Waals surface area contributed by atoms with Crippen molar-refractivity contribution in [1.29, 1.82) is 0 Å². The lowest BCUT2D eigenvalue weighted by atomic mass is 9.83. The molecule has 0 aromatic carbocycles. The first-order valence-electron chi connectivity index (χ1n) is 7.46. The molecule has 0 aliphatic carbocycles. The molecule has 0 N–H and O–H groups in total. The Kier molecular flexibility index (Phi) is 6.30. The molecule has 1 aliphatic rings. The maximum absolute atomic E-state index is 11.3. The van der Waals surface area contributed by atoms with Crippen LogP contribution < -0.4 is 0 Å². The van der Waals surface area contributed by atoms with E-state index in [0.717, 1.165) is 51.5 Å². The van der Waals surface area contributed by atoms with E-state index < -0.39 is 0 Å². The molecule has 0 unspecified atom stereocenters. The molecule has 0 saturated carbocycles. The van der Waals surface area contributed by atoms with Crippen LogP contribution in [-0.4, -0.2) is 55.4 Å². The maximum atomic E-state index is 11.3. The summed E-state index contributed by atoms with van der Waals surface area (Å²) in [5.74, 6) is 0.747. The zero-order chi connectivity index (χ0) is 13.6. The molecule has 1 fully saturated rings. The van der Waals surface area contributed by atoms with Crippen LogP contribution in [0.25, 0.3) is 0 Å². The number of hydrogen-bond donors (Lipinski definition) is 0. The van der Waals surface area contributed by atoms with E-state index in [2.05, 4.69) is 37.5 Å². The van der Waals surface area contributed by atoms with Gasteiger partial charge < -0.3 is 9.69 Å². The van der Waals surface area contributed by atoms with E-state index in [1.807, 2.05) is 0 Å². The van der Waals surface area contributed by atoms with E-state index in [9.17, 15) is 4.79 Å². The Morgan fingerprint density at radius 2 is 1.56 bits per heavy atom. The van der Waals surface area contributed by atoms with Gasteiger partial charge in [0.2, 0.25) is 0 Å². The first-order chi connectivity index (χ1) is 8.55. The Hall–Kier alpha value is -0.410. The van der Waals surface area contributed by atoms with Gasteiger partial charge in [0.1, 0.15) is 6.29 Å². The number of piperazine rings is 1. The summed E-state index contributed by atoms with van der Waals surface area (Å²) in [5.41, 5.74) is -0.111.